The van der Waals surface area contributed by atoms with Gasteiger partial charge >= 0.3 is 0 Å². The highest BCUT2D eigenvalue weighted by atomic mass is 35.5. The molecule has 16 heavy (non-hydrogen) atoms. The Morgan fingerprint density at radius 3 is 2.88 bits per heavy atom. The summed E-state index contributed by atoms with van der Waals surface area (Å²) in [7, 11) is 2.14. The number of rotatable bonds is 1. The number of pyridine rings is 1. The van der Waals surface area contributed by atoms with Crippen molar-refractivity contribution in [1.29, 1.82) is 0 Å². The molecular weight excluding hydrogens is 224 g/mol. The van der Waals surface area contributed by atoms with Crippen molar-refractivity contribution >= 4 is 23.1 Å². The summed E-state index contributed by atoms with van der Waals surface area (Å²) in [4.78, 5) is 8.86. The first-order valence-corrected chi connectivity index (χ1v) is 5.82. The molecule has 0 aliphatic carbocycles. The molecule has 1 aromatic rings. The van der Waals surface area contributed by atoms with E-state index < -0.39 is 0 Å². The first kappa shape index (κ1) is 11.5. The Hall–Kier alpha value is -1.00. The van der Waals surface area contributed by atoms with Gasteiger partial charge in [0.15, 0.2) is 0 Å². The smallest absolute Gasteiger partial charge is 0.147 e. The fraction of sp³-hybridized carbons (Fsp3) is 0.545. The van der Waals surface area contributed by atoms with E-state index in [2.05, 4.69) is 28.8 Å². The van der Waals surface area contributed by atoms with Gasteiger partial charge in [-0.25, -0.2) is 4.98 Å². The lowest BCUT2D eigenvalue weighted by Gasteiger charge is -2.38. The lowest BCUT2D eigenvalue weighted by atomic mass is 10.2. The van der Waals surface area contributed by atoms with Crippen molar-refractivity contribution in [2.45, 2.75) is 13.0 Å². The fourth-order valence-corrected chi connectivity index (χ4v) is 2.21. The number of aromatic nitrogens is 1. The number of nitrogen functional groups attached to an aromatic ring is 1. The molecule has 1 aromatic heterocycles. The third-order valence-electron chi connectivity index (χ3n) is 3.10. The Kier molecular flexibility index (Phi) is 3.21. The molecule has 5 heteroatoms. The van der Waals surface area contributed by atoms with E-state index in [1.165, 1.54) is 0 Å². The Morgan fingerprint density at radius 1 is 1.50 bits per heavy atom. The van der Waals surface area contributed by atoms with Crippen LogP contribution in [0.2, 0.25) is 5.02 Å². The van der Waals surface area contributed by atoms with Crippen LogP contribution in [0.5, 0.6) is 0 Å². The lowest BCUT2D eigenvalue weighted by molar-refractivity contribution is 0.233. The molecule has 1 saturated heterocycles. The molecule has 1 unspecified atom stereocenters. The molecule has 0 amide bonds. The number of nitrogens with two attached hydrogens (primary N) is 1. The van der Waals surface area contributed by atoms with Crippen molar-refractivity contribution in [3.63, 3.8) is 0 Å². The molecule has 0 bridgehead atoms. The van der Waals surface area contributed by atoms with Gasteiger partial charge in [0.05, 0.1) is 16.9 Å². The zero-order chi connectivity index (χ0) is 11.7. The van der Waals surface area contributed by atoms with Crippen molar-refractivity contribution in [3.05, 3.63) is 17.3 Å². The van der Waals surface area contributed by atoms with Crippen molar-refractivity contribution in [2.24, 2.45) is 0 Å². The van der Waals surface area contributed by atoms with Crippen LogP contribution in [-0.2, 0) is 0 Å². The number of halogens is 1. The van der Waals surface area contributed by atoms with Gasteiger partial charge in [-0.15, -0.1) is 0 Å². The largest absolute Gasteiger partial charge is 0.397 e. The summed E-state index contributed by atoms with van der Waals surface area (Å²) >= 11 is 6.15. The third-order valence-corrected chi connectivity index (χ3v) is 3.38. The third kappa shape index (κ3) is 2.23. The topological polar surface area (TPSA) is 45.4 Å². The molecule has 2 heterocycles. The number of likely N-dealkylation sites (N-methyl/N-ethyl adjacent to an activating group) is 1. The van der Waals surface area contributed by atoms with E-state index in [4.69, 9.17) is 17.3 Å². The van der Waals surface area contributed by atoms with E-state index in [1.54, 1.807) is 12.3 Å². The fourth-order valence-electron chi connectivity index (χ4n) is 1.92. The number of piperazine rings is 1. The molecule has 4 nitrogen and oxygen atoms in total. The Labute approximate surface area is 101 Å². The summed E-state index contributed by atoms with van der Waals surface area (Å²) in [6.07, 6.45) is 1.66. The molecule has 0 spiro atoms. The molecule has 0 saturated carbocycles. The van der Waals surface area contributed by atoms with Gasteiger partial charge in [-0.3, -0.25) is 0 Å². The summed E-state index contributed by atoms with van der Waals surface area (Å²) < 4.78 is 0. The standard InChI is InChI=1S/C11H17ClN4/c1-8-7-16(4-3-15(8)2)11-10(12)5-9(13)6-14-11/h5-6,8H,3-4,7,13H2,1-2H3. The van der Waals surface area contributed by atoms with Gasteiger partial charge in [-0.2, -0.15) is 0 Å². The minimum atomic E-state index is 0.518. The Balaban J connectivity index is 2.18. The number of hydrogen-bond donors (Lipinski definition) is 1. The average Bonchev–Trinajstić information content (AvgIpc) is 2.22. The van der Waals surface area contributed by atoms with Crippen LogP contribution >= 0.6 is 11.6 Å². The number of anilines is 2. The molecule has 0 radical (unpaired) electrons. The van der Waals surface area contributed by atoms with Crippen LogP contribution in [0.1, 0.15) is 6.92 Å². The van der Waals surface area contributed by atoms with Crippen LogP contribution in [0.3, 0.4) is 0 Å². The first-order valence-electron chi connectivity index (χ1n) is 5.44. The molecular formula is C11H17ClN4. The Bertz CT molecular complexity index is 382. The van der Waals surface area contributed by atoms with Crippen molar-refractivity contribution in [3.8, 4) is 0 Å². The van der Waals surface area contributed by atoms with Gasteiger partial charge in [0.2, 0.25) is 0 Å². The van der Waals surface area contributed by atoms with E-state index in [9.17, 15) is 0 Å². The quantitative estimate of drug-likeness (QED) is 0.807. The molecule has 2 N–H and O–H groups in total. The molecule has 1 fully saturated rings. The second-order valence-corrected chi connectivity index (χ2v) is 4.76. The second kappa shape index (κ2) is 4.47. The van der Waals surface area contributed by atoms with Gasteiger partial charge in [0, 0.05) is 25.7 Å². The Morgan fingerprint density at radius 2 is 2.25 bits per heavy atom. The van der Waals surface area contributed by atoms with Gasteiger partial charge in [-0.05, 0) is 20.0 Å². The summed E-state index contributed by atoms with van der Waals surface area (Å²) in [6.45, 7) is 5.14. The van der Waals surface area contributed by atoms with Crippen LogP contribution in [0, 0.1) is 0 Å². The van der Waals surface area contributed by atoms with Crippen LogP contribution in [0.25, 0.3) is 0 Å². The van der Waals surface area contributed by atoms with Gasteiger partial charge in [-0.1, -0.05) is 11.6 Å². The highest BCUT2D eigenvalue weighted by Gasteiger charge is 2.22. The molecule has 2 rings (SSSR count). The first-order chi connectivity index (χ1) is 7.58. The predicted octanol–water partition coefficient (Wildman–Crippen LogP) is 1.46. The number of hydrogen-bond acceptors (Lipinski definition) is 4. The summed E-state index contributed by atoms with van der Waals surface area (Å²) in [5.41, 5.74) is 6.24. The minimum absolute atomic E-state index is 0.518. The van der Waals surface area contributed by atoms with Crippen LogP contribution in [-0.4, -0.2) is 42.6 Å². The summed E-state index contributed by atoms with van der Waals surface area (Å²) in [6, 6.07) is 2.27. The van der Waals surface area contributed by atoms with E-state index >= 15 is 0 Å². The lowest BCUT2D eigenvalue weighted by Crippen LogP contribution is -2.50. The van der Waals surface area contributed by atoms with Crippen molar-refractivity contribution < 1.29 is 0 Å². The number of nitrogens with zero attached hydrogens (tertiary/aromatic N) is 3. The summed E-state index contributed by atoms with van der Waals surface area (Å²) in [5.74, 6) is 0.843. The highest BCUT2D eigenvalue weighted by molar-refractivity contribution is 6.33. The van der Waals surface area contributed by atoms with Gasteiger partial charge < -0.3 is 15.5 Å². The van der Waals surface area contributed by atoms with Crippen LogP contribution in [0.15, 0.2) is 12.3 Å². The van der Waals surface area contributed by atoms with E-state index in [1.807, 2.05) is 0 Å². The monoisotopic (exact) mass is 240 g/mol. The molecule has 1 aliphatic rings. The minimum Gasteiger partial charge on any atom is -0.397 e. The summed E-state index contributed by atoms with van der Waals surface area (Å²) in [5, 5.41) is 0.636. The van der Waals surface area contributed by atoms with Crippen LogP contribution in [0.4, 0.5) is 11.5 Å². The maximum atomic E-state index is 6.15. The average molecular weight is 241 g/mol. The molecule has 1 aliphatic heterocycles. The van der Waals surface area contributed by atoms with E-state index in [0.29, 0.717) is 16.8 Å². The van der Waals surface area contributed by atoms with E-state index in [-0.39, 0.29) is 0 Å². The maximum Gasteiger partial charge on any atom is 0.147 e. The van der Waals surface area contributed by atoms with Crippen LogP contribution < -0.4 is 10.6 Å². The molecule has 0 aromatic carbocycles. The zero-order valence-electron chi connectivity index (χ0n) is 9.65. The van der Waals surface area contributed by atoms with E-state index in [0.717, 1.165) is 25.5 Å². The van der Waals surface area contributed by atoms with Crippen molar-refractivity contribution in [1.82, 2.24) is 9.88 Å². The molecule has 1 atom stereocenters. The van der Waals surface area contributed by atoms with Gasteiger partial charge in [0.25, 0.3) is 0 Å². The second-order valence-electron chi connectivity index (χ2n) is 4.35. The maximum absolute atomic E-state index is 6.15. The van der Waals surface area contributed by atoms with Gasteiger partial charge in [0.1, 0.15) is 5.82 Å². The SMILES string of the molecule is CC1CN(c2ncc(N)cc2Cl)CCN1C. The zero-order valence-corrected chi connectivity index (χ0v) is 10.4. The molecule has 88 valence electrons. The predicted molar refractivity (Wildman–Crippen MR) is 68.0 cm³/mol. The van der Waals surface area contributed by atoms with Crippen molar-refractivity contribution in [2.75, 3.05) is 37.3 Å². The highest BCUT2D eigenvalue weighted by Crippen LogP contribution is 2.26. The normalized spacial score (nSPS) is 22.4.